The first-order chi connectivity index (χ1) is 6.29. The molecule has 0 aromatic carbocycles. The first kappa shape index (κ1) is 10.5. The summed E-state index contributed by atoms with van der Waals surface area (Å²) in [5.41, 5.74) is 0. The fourth-order valence-electron chi connectivity index (χ4n) is 1.48. The van der Waals surface area contributed by atoms with Gasteiger partial charge in [0.25, 0.3) is 0 Å². The average Bonchev–Trinajstić information content (AvgIpc) is 2.89. The lowest BCUT2D eigenvalue weighted by atomic mass is 10.3. The van der Waals surface area contributed by atoms with Gasteiger partial charge in [0.15, 0.2) is 0 Å². The minimum Gasteiger partial charge on any atom is -0.339 e. The fourth-order valence-corrected chi connectivity index (χ4v) is 1.48. The van der Waals surface area contributed by atoms with Gasteiger partial charge in [0, 0.05) is 12.6 Å². The predicted octanol–water partition coefficient (Wildman–Crippen LogP) is 0.997. The van der Waals surface area contributed by atoms with Crippen LogP contribution in [0.3, 0.4) is 0 Å². The summed E-state index contributed by atoms with van der Waals surface area (Å²) in [5, 5.41) is 2.92. The number of amides is 1. The van der Waals surface area contributed by atoms with Gasteiger partial charge in [-0.3, -0.25) is 4.79 Å². The molecule has 1 fully saturated rings. The van der Waals surface area contributed by atoms with Crippen LogP contribution in [0.5, 0.6) is 0 Å². The second-order valence-electron chi connectivity index (χ2n) is 3.70. The molecule has 0 spiro atoms. The first-order valence-electron chi connectivity index (χ1n) is 5.23. The standard InChI is InChI=1S/C10H20N2O/c1-3-4-7-12(9-5-6-9)10(13)8-11-2/h9,11H,3-8H2,1-2H3. The summed E-state index contributed by atoms with van der Waals surface area (Å²) >= 11 is 0. The molecule has 1 N–H and O–H groups in total. The van der Waals surface area contributed by atoms with Gasteiger partial charge in [0.1, 0.15) is 0 Å². The Morgan fingerprint density at radius 2 is 2.23 bits per heavy atom. The number of hydrogen-bond donors (Lipinski definition) is 1. The molecule has 0 heterocycles. The van der Waals surface area contributed by atoms with E-state index in [1.165, 1.54) is 12.8 Å². The number of carbonyl (C=O) groups excluding carboxylic acids is 1. The van der Waals surface area contributed by atoms with Crippen molar-refractivity contribution in [2.45, 2.75) is 38.6 Å². The molecular formula is C10H20N2O. The molecule has 0 bridgehead atoms. The van der Waals surface area contributed by atoms with E-state index in [2.05, 4.69) is 12.2 Å². The van der Waals surface area contributed by atoms with Crippen LogP contribution in [-0.4, -0.2) is 37.0 Å². The number of likely N-dealkylation sites (N-methyl/N-ethyl adjacent to an activating group) is 1. The SMILES string of the molecule is CCCCN(C(=O)CNC)C1CC1. The van der Waals surface area contributed by atoms with Crippen molar-refractivity contribution in [3.8, 4) is 0 Å². The van der Waals surface area contributed by atoms with Gasteiger partial charge in [-0.1, -0.05) is 13.3 Å². The zero-order chi connectivity index (χ0) is 9.68. The molecule has 1 amide bonds. The minimum absolute atomic E-state index is 0.262. The van der Waals surface area contributed by atoms with Crippen LogP contribution in [0.4, 0.5) is 0 Å². The van der Waals surface area contributed by atoms with Crippen molar-refractivity contribution in [3.05, 3.63) is 0 Å². The highest BCUT2D eigenvalue weighted by molar-refractivity contribution is 5.78. The van der Waals surface area contributed by atoms with E-state index in [0.717, 1.165) is 19.4 Å². The Morgan fingerprint density at radius 1 is 1.54 bits per heavy atom. The van der Waals surface area contributed by atoms with Crippen molar-refractivity contribution in [1.29, 1.82) is 0 Å². The third kappa shape index (κ3) is 3.35. The molecule has 1 aliphatic rings. The van der Waals surface area contributed by atoms with Crippen LogP contribution in [0.2, 0.25) is 0 Å². The summed E-state index contributed by atoms with van der Waals surface area (Å²) in [7, 11) is 1.82. The molecule has 3 nitrogen and oxygen atoms in total. The summed E-state index contributed by atoms with van der Waals surface area (Å²) < 4.78 is 0. The first-order valence-corrected chi connectivity index (χ1v) is 5.23. The summed E-state index contributed by atoms with van der Waals surface area (Å²) in [4.78, 5) is 13.6. The van der Waals surface area contributed by atoms with Crippen molar-refractivity contribution < 1.29 is 4.79 Å². The van der Waals surface area contributed by atoms with Gasteiger partial charge >= 0.3 is 0 Å². The topological polar surface area (TPSA) is 32.3 Å². The molecule has 76 valence electrons. The molecular weight excluding hydrogens is 164 g/mol. The molecule has 1 rings (SSSR count). The fraction of sp³-hybridized carbons (Fsp3) is 0.900. The maximum absolute atomic E-state index is 11.6. The number of unbranched alkanes of at least 4 members (excludes halogenated alkanes) is 1. The Kier molecular flexibility index (Phi) is 4.22. The minimum atomic E-state index is 0.262. The molecule has 0 aliphatic heterocycles. The van der Waals surface area contributed by atoms with E-state index in [9.17, 15) is 4.79 Å². The highest BCUT2D eigenvalue weighted by atomic mass is 16.2. The van der Waals surface area contributed by atoms with Crippen LogP contribution >= 0.6 is 0 Å². The molecule has 0 saturated heterocycles. The lowest BCUT2D eigenvalue weighted by molar-refractivity contribution is -0.130. The molecule has 0 unspecified atom stereocenters. The van der Waals surface area contributed by atoms with Crippen molar-refractivity contribution in [2.24, 2.45) is 0 Å². The van der Waals surface area contributed by atoms with Crippen molar-refractivity contribution in [1.82, 2.24) is 10.2 Å². The van der Waals surface area contributed by atoms with Crippen molar-refractivity contribution in [3.63, 3.8) is 0 Å². The van der Waals surface area contributed by atoms with Crippen LogP contribution in [0.15, 0.2) is 0 Å². The summed E-state index contributed by atoms with van der Waals surface area (Å²) in [5.74, 6) is 0.262. The van der Waals surface area contributed by atoms with Crippen LogP contribution in [0, 0.1) is 0 Å². The van der Waals surface area contributed by atoms with Gasteiger partial charge in [-0.25, -0.2) is 0 Å². The van der Waals surface area contributed by atoms with Crippen LogP contribution < -0.4 is 5.32 Å². The van der Waals surface area contributed by atoms with Gasteiger partial charge in [0.05, 0.1) is 6.54 Å². The molecule has 1 saturated carbocycles. The number of rotatable bonds is 6. The van der Waals surface area contributed by atoms with E-state index in [1.54, 1.807) is 0 Å². The number of carbonyl (C=O) groups is 1. The van der Waals surface area contributed by atoms with Gasteiger partial charge in [0.2, 0.25) is 5.91 Å². The molecule has 0 aromatic heterocycles. The second-order valence-corrected chi connectivity index (χ2v) is 3.70. The zero-order valence-corrected chi connectivity index (χ0v) is 8.68. The van der Waals surface area contributed by atoms with Gasteiger partial charge in [-0.05, 0) is 26.3 Å². The molecule has 1 aliphatic carbocycles. The van der Waals surface area contributed by atoms with E-state index >= 15 is 0 Å². The number of hydrogen-bond acceptors (Lipinski definition) is 2. The van der Waals surface area contributed by atoms with Gasteiger partial charge < -0.3 is 10.2 Å². The smallest absolute Gasteiger partial charge is 0.236 e. The Hall–Kier alpha value is -0.570. The molecule has 0 radical (unpaired) electrons. The Balaban J connectivity index is 2.32. The molecule has 0 atom stereocenters. The van der Waals surface area contributed by atoms with Crippen LogP contribution in [0.1, 0.15) is 32.6 Å². The predicted molar refractivity (Wildman–Crippen MR) is 53.6 cm³/mol. The van der Waals surface area contributed by atoms with E-state index in [1.807, 2.05) is 11.9 Å². The lowest BCUT2D eigenvalue weighted by Crippen LogP contribution is -2.39. The third-order valence-corrected chi connectivity index (χ3v) is 2.39. The maximum Gasteiger partial charge on any atom is 0.236 e. The molecule has 13 heavy (non-hydrogen) atoms. The summed E-state index contributed by atoms with van der Waals surface area (Å²) in [6.07, 6.45) is 4.71. The Bertz CT molecular complexity index is 166. The van der Waals surface area contributed by atoms with E-state index in [0.29, 0.717) is 12.6 Å². The van der Waals surface area contributed by atoms with E-state index in [4.69, 9.17) is 0 Å². The quantitative estimate of drug-likeness (QED) is 0.668. The largest absolute Gasteiger partial charge is 0.339 e. The van der Waals surface area contributed by atoms with Crippen molar-refractivity contribution >= 4 is 5.91 Å². The van der Waals surface area contributed by atoms with Gasteiger partial charge in [-0.2, -0.15) is 0 Å². The molecule has 0 aromatic rings. The number of nitrogens with zero attached hydrogens (tertiary/aromatic N) is 1. The van der Waals surface area contributed by atoms with E-state index < -0.39 is 0 Å². The lowest BCUT2D eigenvalue weighted by Gasteiger charge is -2.21. The number of nitrogens with one attached hydrogen (secondary N) is 1. The average molecular weight is 184 g/mol. The third-order valence-electron chi connectivity index (χ3n) is 2.39. The maximum atomic E-state index is 11.6. The Morgan fingerprint density at radius 3 is 2.69 bits per heavy atom. The monoisotopic (exact) mass is 184 g/mol. The van der Waals surface area contributed by atoms with Crippen LogP contribution in [-0.2, 0) is 4.79 Å². The second kappa shape index (κ2) is 5.22. The summed E-state index contributed by atoms with van der Waals surface area (Å²) in [6, 6.07) is 0.562. The zero-order valence-electron chi connectivity index (χ0n) is 8.68. The Labute approximate surface area is 80.5 Å². The van der Waals surface area contributed by atoms with Crippen molar-refractivity contribution in [2.75, 3.05) is 20.1 Å². The normalized spacial score (nSPS) is 15.8. The summed E-state index contributed by atoms with van der Waals surface area (Å²) in [6.45, 7) is 3.59. The van der Waals surface area contributed by atoms with Crippen LogP contribution in [0.25, 0.3) is 0 Å². The molecule has 3 heteroatoms. The highest BCUT2D eigenvalue weighted by Gasteiger charge is 2.31. The highest BCUT2D eigenvalue weighted by Crippen LogP contribution is 2.26. The van der Waals surface area contributed by atoms with Gasteiger partial charge in [-0.15, -0.1) is 0 Å². The van der Waals surface area contributed by atoms with E-state index in [-0.39, 0.29) is 5.91 Å².